The predicted molar refractivity (Wildman–Crippen MR) is 86.3 cm³/mol. The van der Waals surface area contributed by atoms with Gasteiger partial charge in [0.05, 0.1) is 6.10 Å². The van der Waals surface area contributed by atoms with Crippen LogP contribution in [0.15, 0.2) is 67.3 Å². The zero-order chi connectivity index (χ0) is 16.1. The monoisotopic (exact) mass is 308 g/mol. The van der Waals surface area contributed by atoms with E-state index >= 15 is 0 Å². The summed E-state index contributed by atoms with van der Waals surface area (Å²) >= 11 is 0. The Kier molecular flexibility index (Phi) is 4.44. The fourth-order valence-corrected chi connectivity index (χ4v) is 2.21. The van der Waals surface area contributed by atoms with Crippen molar-refractivity contribution in [3.05, 3.63) is 78.0 Å². The second-order valence-electron chi connectivity index (χ2n) is 5.04. The van der Waals surface area contributed by atoms with Crippen LogP contribution in [0.2, 0.25) is 0 Å². The van der Waals surface area contributed by atoms with Crippen molar-refractivity contribution in [2.24, 2.45) is 0 Å². The molecule has 3 aromatic rings. The maximum atomic E-state index is 11.8. The SMILES string of the molecule is [O-][n+]1cc(NCC(O)c2ccccc2)nc(-c2ccncc2)c1. The molecule has 1 atom stereocenters. The molecule has 116 valence electrons. The zero-order valence-corrected chi connectivity index (χ0v) is 12.3. The van der Waals surface area contributed by atoms with Crippen LogP contribution in [-0.4, -0.2) is 21.6 Å². The van der Waals surface area contributed by atoms with E-state index < -0.39 is 6.10 Å². The van der Waals surface area contributed by atoms with E-state index in [0.717, 1.165) is 11.1 Å². The van der Waals surface area contributed by atoms with Gasteiger partial charge in [0.2, 0.25) is 12.4 Å². The fraction of sp³-hybridized carbons (Fsp3) is 0.118. The molecule has 2 heterocycles. The summed E-state index contributed by atoms with van der Waals surface area (Å²) in [5.74, 6) is 0.407. The maximum absolute atomic E-state index is 11.8. The number of nitrogens with zero attached hydrogens (tertiary/aromatic N) is 3. The van der Waals surface area contributed by atoms with Crippen molar-refractivity contribution in [2.45, 2.75) is 6.10 Å². The summed E-state index contributed by atoms with van der Waals surface area (Å²) < 4.78 is 0.694. The van der Waals surface area contributed by atoms with Crippen LogP contribution in [0.25, 0.3) is 11.3 Å². The fourth-order valence-electron chi connectivity index (χ4n) is 2.21. The van der Waals surface area contributed by atoms with Crippen molar-refractivity contribution >= 4 is 5.82 Å². The minimum absolute atomic E-state index is 0.261. The number of nitrogens with one attached hydrogen (secondary N) is 1. The number of aliphatic hydroxyl groups excluding tert-OH is 1. The first-order valence-corrected chi connectivity index (χ1v) is 7.20. The number of benzene rings is 1. The lowest BCUT2D eigenvalue weighted by atomic mass is 10.1. The molecule has 2 N–H and O–H groups in total. The van der Waals surface area contributed by atoms with Gasteiger partial charge in [0.25, 0.3) is 0 Å². The number of hydrogen-bond donors (Lipinski definition) is 2. The van der Waals surface area contributed by atoms with Gasteiger partial charge in [-0.1, -0.05) is 30.3 Å². The van der Waals surface area contributed by atoms with E-state index in [1.54, 1.807) is 24.5 Å². The van der Waals surface area contributed by atoms with Gasteiger partial charge in [0, 0.05) is 24.5 Å². The highest BCUT2D eigenvalue weighted by atomic mass is 16.5. The van der Waals surface area contributed by atoms with Crippen molar-refractivity contribution in [1.29, 1.82) is 0 Å². The predicted octanol–water partition coefficient (Wildman–Crippen LogP) is 1.92. The molecular formula is C17H16N4O2. The van der Waals surface area contributed by atoms with E-state index in [2.05, 4.69) is 15.3 Å². The Labute approximate surface area is 133 Å². The van der Waals surface area contributed by atoms with Crippen LogP contribution in [0.5, 0.6) is 0 Å². The third-order valence-corrected chi connectivity index (χ3v) is 3.38. The average molecular weight is 308 g/mol. The number of aromatic nitrogens is 3. The smallest absolute Gasteiger partial charge is 0.222 e. The molecule has 1 unspecified atom stereocenters. The Balaban J connectivity index is 1.75. The molecule has 1 aromatic carbocycles. The molecule has 0 amide bonds. The Morgan fingerprint density at radius 1 is 1.09 bits per heavy atom. The third-order valence-electron chi connectivity index (χ3n) is 3.38. The third kappa shape index (κ3) is 3.81. The minimum atomic E-state index is -0.678. The summed E-state index contributed by atoms with van der Waals surface area (Å²) in [4.78, 5) is 8.35. The van der Waals surface area contributed by atoms with Gasteiger partial charge in [-0.2, -0.15) is 4.73 Å². The standard InChI is InChI=1S/C17H16N4O2/c22-16(14-4-2-1-3-5-14)10-19-17-12-21(23)11-15(20-17)13-6-8-18-9-7-13/h1-9,11-12,16,22H,10H2,(H,19,20). The Bertz CT molecular complexity index is 766. The first kappa shape index (κ1) is 14.9. The lowest BCUT2D eigenvalue weighted by Crippen LogP contribution is -2.27. The maximum Gasteiger partial charge on any atom is 0.222 e. The first-order valence-electron chi connectivity index (χ1n) is 7.20. The van der Waals surface area contributed by atoms with Gasteiger partial charge in [-0.05, 0) is 17.7 Å². The van der Waals surface area contributed by atoms with Gasteiger partial charge in [0.1, 0.15) is 5.69 Å². The number of aliphatic hydroxyl groups is 1. The molecule has 0 aliphatic heterocycles. The molecule has 0 saturated carbocycles. The topological polar surface area (TPSA) is 85.0 Å². The summed E-state index contributed by atoms with van der Waals surface area (Å²) in [6, 6.07) is 12.9. The van der Waals surface area contributed by atoms with E-state index in [1.165, 1.54) is 12.4 Å². The lowest BCUT2D eigenvalue weighted by molar-refractivity contribution is -0.604. The molecule has 2 aromatic heterocycles. The van der Waals surface area contributed by atoms with Gasteiger partial charge >= 0.3 is 0 Å². The van der Waals surface area contributed by atoms with Crippen LogP contribution in [0.3, 0.4) is 0 Å². The number of anilines is 1. The highest BCUT2D eigenvalue weighted by Crippen LogP contribution is 2.17. The molecule has 0 radical (unpaired) electrons. The first-order chi connectivity index (χ1) is 11.2. The number of hydrogen-bond acceptors (Lipinski definition) is 5. The van der Waals surface area contributed by atoms with E-state index in [-0.39, 0.29) is 6.54 Å². The van der Waals surface area contributed by atoms with Gasteiger partial charge in [-0.25, -0.2) is 4.98 Å². The molecule has 0 saturated heterocycles. The van der Waals surface area contributed by atoms with Crippen LogP contribution in [0.1, 0.15) is 11.7 Å². The second-order valence-corrected chi connectivity index (χ2v) is 5.04. The van der Waals surface area contributed by atoms with Crippen molar-refractivity contribution in [1.82, 2.24) is 9.97 Å². The van der Waals surface area contributed by atoms with Gasteiger partial charge in [0.15, 0.2) is 5.82 Å². The summed E-state index contributed by atoms with van der Waals surface area (Å²) in [6.45, 7) is 0.261. The molecule has 0 aliphatic rings. The van der Waals surface area contributed by atoms with Crippen LogP contribution in [0, 0.1) is 5.21 Å². The largest absolute Gasteiger partial charge is 0.619 e. The molecule has 6 nitrogen and oxygen atoms in total. The molecule has 0 aliphatic carbocycles. The van der Waals surface area contributed by atoms with Crippen molar-refractivity contribution in [3.63, 3.8) is 0 Å². The number of rotatable bonds is 5. The van der Waals surface area contributed by atoms with Crippen molar-refractivity contribution in [2.75, 3.05) is 11.9 Å². The van der Waals surface area contributed by atoms with E-state index in [9.17, 15) is 10.3 Å². The average Bonchev–Trinajstić information content (AvgIpc) is 2.61. The van der Waals surface area contributed by atoms with Crippen LogP contribution >= 0.6 is 0 Å². The second kappa shape index (κ2) is 6.85. The summed E-state index contributed by atoms with van der Waals surface area (Å²) in [6.07, 6.45) is 5.34. The molecule has 0 bridgehead atoms. The van der Waals surface area contributed by atoms with E-state index in [0.29, 0.717) is 16.2 Å². The Morgan fingerprint density at radius 3 is 2.57 bits per heavy atom. The van der Waals surface area contributed by atoms with Gasteiger partial charge in [-0.3, -0.25) is 4.98 Å². The summed E-state index contributed by atoms with van der Waals surface area (Å²) in [5.41, 5.74) is 2.15. The van der Waals surface area contributed by atoms with Gasteiger partial charge in [-0.15, -0.1) is 0 Å². The highest BCUT2D eigenvalue weighted by Gasteiger charge is 2.11. The molecular weight excluding hydrogens is 292 g/mol. The van der Waals surface area contributed by atoms with Gasteiger partial charge < -0.3 is 15.6 Å². The van der Waals surface area contributed by atoms with Crippen molar-refractivity contribution < 1.29 is 9.84 Å². The molecule has 0 spiro atoms. The summed E-state index contributed by atoms with van der Waals surface area (Å²) in [5, 5.41) is 24.9. The lowest BCUT2D eigenvalue weighted by Gasteiger charge is -2.12. The van der Waals surface area contributed by atoms with Crippen LogP contribution in [-0.2, 0) is 0 Å². The molecule has 23 heavy (non-hydrogen) atoms. The Hall–Kier alpha value is -2.99. The summed E-state index contributed by atoms with van der Waals surface area (Å²) in [7, 11) is 0. The van der Waals surface area contributed by atoms with Crippen LogP contribution < -0.4 is 10.0 Å². The van der Waals surface area contributed by atoms with E-state index in [1.807, 2.05) is 30.3 Å². The molecule has 6 heteroatoms. The molecule has 0 fully saturated rings. The minimum Gasteiger partial charge on any atom is -0.619 e. The van der Waals surface area contributed by atoms with Crippen LogP contribution in [0.4, 0.5) is 5.82 Å². The Morgan fingerprint density at radius 2 is 1.83 bits per heavy atom. The van der Waals surface area contributed by atoms with E-state index in [4.69, 9.17) is 0 Å². The zero-order valence-electron chi connectivity index (χ0n) is 12.3. The molecule has 3 rings (SSSR count). The normalized spacial score (nSPS) is 11.9. The van der Waals surface area contributed by atoms with Crippen molar-refractivity contribution in [3.8, 4) is 11.3 Å². The highest BCUT2D eigenvalue weighted by molar-refractivity contribution is 5.58. The quantitative estimate of drug-likeness (QED) is 0.555. The number of pyridine rings is 1.